The van der Waals surface area contributed by atoms with E-state index in [0.717, 1.165) is 12.2 Å². The highest BCUT2D eigenvalue weighted by molar-refractivity contribution is 5.84. The second-order valence-corrected chi connectivity index (χ2v) is 7.27. The minimum atomic E-state index is -0.220. The van der Waals surface area contributed by atoms with Crippen LogP contribution in [0, 0.1) is 0 Å². The fourth-order valence-corrected chi connectivity index (χ4v) is 3.13. The van der Waals surface area contributed by atoms with Gasteiger partial charge in [-0.25, -0.2) is 4.79 Å². The van der Waals surface area contributed by atoms with Gasteiger partial charge in [0.15, 0.2) is 0 Å². The number of nitrogens with zero attached hydrogens (tertiary/aromatic N) is 4. The molecular weight excluding hydrogens is 380 g/mol. The number of aromatic nitrogens is 1. The second-order valence-electron chi connectivity index (χ2n) is 7.27. The largest absolute Gasteiger partial charge is 0.383 e. The van der Waals surface area contributed by atoms with Crippen LogP contribution in [0.5, 0.6) is 0 Å². The summed E-state index contributed by atoms with van der Waals surface area (Å²) < 4.78 is 7.33. The number of benzene rings is 1. The number of methoxy groups -OCH3 is 1. The summed E-state index contributed by atoms with van der Waals surface area (Å²) >= 11 is 0. The van der Waals surface area contributed by atoms with Gasteiger partial charge in [0.25, 0.3) is 0 Å². The molecule has 0 radical (unpaired) electrons. The van der Waals surface area contributed by atoms with E-state index in [-0.39, 0.29) is 18.5 Å². The highest BCUT2D eigenvalue weighted by Gasteiger charge is 2.22. The van der Waals surface area contributed by atoms with E-state index >= 15 is 0 Å². The van der Waals surface area contributed by atoms with Crippen molar-refractivity contribution in [3.05, 3.63) is 72.6 Å². The molecule has 0 fully saturated rings. The Bertz CT molecular complexity index is 817. The van der Waals surface area contributed by atoms with Crippen molar-refractivity contribution in [1.82, 2.24) is 19.3 Å². The van der Waals surface area contributed by atoms with Crippen LogP contribution < -0.4 is 0 Å². The molecule has 0 atom stereocenters. The first kappa shape index (κ1) is 23.2. The summed E-state index contributed by atoms with van der Waals surface area (Å²) in [7, 11) is 4.95. The average Bonchev–Trinajstić information content (AvgIpc) is 3.17. The molecule has 7 nitrogen and oxygen atoms in total. The number of hydrogen-bond donors (Lipinski definition) is 0. The zero-order valence-corrected chi connectivity index (χ0v) is 18.2. The SMILES string of the molecule is C=CCN(CC(=O)N(CCOC)Cc1cccn1Cc1ccccc1)C(=O)N(C)C. The Morgan fingerprint density at radius 2 is 1.83 bits per heavy atom. The van der Waals surface area contributed by atoms with Crippen LogP contribution in [0.3, 0.4) is 0 Å². The Morgan fingerprint density at radius 1 is 1.10 bits per heavy atom. The number of rotatable bonds is 11. The lowest BCUT2D eigenvalue weighted by atomic mass is 10.2. The standard InChI is InChI=1S/C23H32N4O3/c1-5-13-27(23(29)24(2)3)19-22(28)26(15-16-30-4)18-21-12-9-14-25(21)17-20-10-7-6-8-11-20/h5-12,14H,1,13,15-19H2,2-4H3. The molecule has 0 unspecified atom stereocenters. The van der Waals surface area contributed by atoms with E-state index in [0.29, 0.717) is 26.2 Å². The Balaban J connectivity index is 2.13. The van der Waals surface area contributed by atoms with Crippen molar-refractivity contribution in [3.8, 4) is 0 Å². The molecule has 0 aliphatic carbocycles. The van der Waals surface area contributed by atoms with Crippen LogP contribution in [0.1, 0.15) is 11.3 Å². The van der Waals surface area contributed by atoms with Gasteiger partial charge in [-0.15, -0.1) is 6.58 Å². The molecule has 1 aromatic carbocycles. The van der Waals surface area contributed by atoms with Crippen LogP contribution in [0.2, 0.25) is 0 Å². The first-order valence-corrected chi connectivity index (χ1v) is 9.98. The maximum Gasteiger partial charge on any atom is 0.320 e. The number of carbonyl (C=O) groups is 2. The third kappa shape index (κ3) is 6.77. The summed E-state index contributed by atoms with van der Waals surface area (Å²) in [5, 5.41) is 0. The van der Waals surface area contributed by atoms with E-state index in [2.05, 4.69) is 23.3 Å². The molecule has 0 spiro atoms. The summed E-state index contributed by atoms with van der Waals surface area (Å²) in [5.74, 6) is -0.128. The highest BCUT2D eigenvalue weighted by atomic mass is 16.5. The van der Waals surface area contributed by atoms with E-state index in [9.17, 15) is 9.59 Å². The fourth-order valence-electron chi connectivity index (χ4n) is 3.13. The first-order chi connectivity index (χ1) is 14.5. The van der Waals surface area contributed by atoms with Gasteiger partial charge in [0.05, 0.1) is 13.2 Å². The molecule has 30 heavy (non-hydrogen) atoms. The molecule has 0 bridgehead atoms. The average molecular weight is 413 g/mol. The predicted molar refractivity (Wildman–Crippen MR) is 118 cm³/mol. The highest BCUT2D eigenvalue weighted by Crippen LogP contribution is 2.11. The lowest BCUT2D eigenvalue weighted by molar-refractivity contribution is -0.133. The smallest absolute Gasteiger partial charge is 0.320 e. The van der Waals surface area contributed by atoms with Crippen LogP contribution in [-0.4, -0.2) is 78.7 Å². The summed E-state index contributed by atoms with van der Waals surface area (Å²) in [5.41, 5.74) is 2.22. The van der Waals surface area contributed by atoms with Crippen LogP contribution in [-0.2, 0) is 22.6 Å². The summed E-state index contributed by atoms with van der Waals surface area (Å²) in [6, 6.07) is 14.0. The number of ether oxygens (including phenoxy) is 1. The lowest BCUT2D eigenvalue weighted by Gasteiger charge is -2.29. The second kappa shape index (κ2) is 11.8. The predicted octanol–water partition coefficient (Wildman–Crippen LogP) is 2.68. The van der Waals surface area contributed by atoms with Gasteiger partial charge in [0.1, 0.15) is 6.54 Å². The van der Waals surface area contributed by atoms with Crippen molar-refractivity contribution in [2.24, 2.45) is 0 Å². The maximum atomic E-state index is 13.1. The molecule has 3 amide bonds. The van der Waals surface area contributed by atoms with Crippen molar-refractivity contribution in [3.63, 3.8) is 0 Å². The molecule has 0 aliphatic heterocycles. The third-order valence-electron chi connectivity index (χ3n) is 4.72. The maximum absolute atomic E-state index is 13.1. The molecule has 1 heterocycles. The third-order valence-corrected chi connectivity index (χ3v) is 4.72. The van der Waals surface area contributed by atoms with Crippen LogP contribution in [0.25, 0.3) is 0 Å². The Labute approximate surface area is 179 Å². The normalized spacial score (nSPS) is 10.5. The Morgan fingerprint density at radius 3 is 2.47 bits per heavy atom. The zero-order valence-electron chi connectivity index (χ0n) is 18.2. The van der Waals surface area contributed by atoms with Gasteiger partial charge in [-0.1, -0.05) is 36.4 Å². The molecule has 7 heteroatoms. The number of hydrogen-bond acceptors (Lipinski definition) is 3. The topological polar surface area (TPSA) is 58.0 Å². The number of amides is 3. The molecule has 0 aliphatic rings. The minimum Gasteiger partial charge on any atom is -0.383 e. The van der Waals surface area contributed by atoms with Gasteiger partial charge in [-0.2, -0.15) is 0 Å². The van der Waals surface area contributed by atoms with E-state index < -0.39 is 0 Å². The number of urea groups is 1. The van der Waals surface area contributed by atoms with Gasteiger partial charge >= 0.3 is 6.03 Å². The lowest BCUT2D eigenvalue weighted by Crippen LogP contribution is -2.47. The Hall–Kier alpha value is -3.06. The molecular formula is C23H32N4O3. The summed E-state index contributed by atoms with van der Waals surface area (Å²) in [4.78, 5) is 30.1. The zero-order chi connectivity index (χ0) is 21.9. The summed E-state index contributed by atoms with van der Waals surface area (Å²) in [6.45, 7) is 6.05. The van der Waals surface area contributed by atoms with Gasteiger partial charge in [0, 0.05) is 52.7 Å². The quantitative estimate of drug-likeness (QED) is 0.533. The number of carbonyl (C=O) groups excluding carboxylic acids is 2. The van der Waals surface area contributed by atoms with Crippen molar-refractivity contribution < 1.29 is 14.3 Å². The van der Waals surface area contributed by atoms with Crippen LogP contribution in [0.4, 0.5) is 4.79 Å². The molecule has 0 saturated heterocycles. The van der Waals surface area contributed by atoms with Gasteiger partial charge in [0.2, 0.25) is 5.91 Å². The fraction of sp³-hybridized carbons (Fsp3) is 0.391. The van der Waals surface area contributed by atoms with Crippen LogP contribution in [0.15, 0.2) is 61.3 Å². The van der Waals surface area contributed by atoms with Crippen LogP contribution >= 0.6 is 0 Å². The molecule has 2 aromatic rings. The molecule has 0 saturated carbocycles. The van der Waals surface area contributed by atoms with Crippen molar-refractivity contribution >= 4 is 11.9 Å². The first-order valence-electron chi connectivity index (χ1n) is 9.98. The van der Waals surface area contributed by atoms with Crippen molar-refractivity contribution in [2.75, 3.05) is 47.4 Å². The van der Waals surface area contributed by atoms with E-state index in [1.54, 1.807) is 32.2 Å². The van der Waals surface area contributed by atoms with Gasteiger partial charge in [-0.3, -0.25) is 4.79 Å². The summed E-state index contributed by atoms with van der Waals surface area (Å²) in [6.07, 6.45) is 3.64. The van der Waals surface area contributed by atoms with E-state index in [1.807, 2.05) is 36.5 Å². The molecule has 2 rings (SSSR count). The van der Waals surface area contributed by atoms with E-state index in [1.165, 1.54) is 15.4 Å². The monoisotopic (exact) mass is 412 g/mol. The van der Waals surface area contributed by atoms with Gasteiger partial charge < -0.3 is 24.0 Å². The van der Waals surface area contributed by atoms with E-state index in [4.69, 9.17) is 4.74 Å². The molecule has 162 valence electrons. The van der Waals surface area contributed by atoms with Gasteiger partial charge in [-0.05, 0) is 17.7 Å². The van der Waals surface area contributed by atoms with Crippen molar-refractivity contribution in [2.45, 2.75) is 13.1 Å². The molecule has 0 N–H and O–H groups in total. The van der Waals surface area contributed by atoms with Crippen molar-refractivity contribution in [1.29, 1.82) is 0 Å². The minimum absolute atomic E-state index is 0.00780. The Kier molecular flexibility index (Phi) is 9.15. The molecule has 1 aromatic heterocycles.